The first kappa shape index (κ1) is 13.8. The molecule has 21 heavy (non-hydrogen) atoms. The number of nitrogens with one attached hydrogen (secondary N) is 1. The maximum absolute atomic E-state index is 12.2. The van der Waals surface area contributed by atoms with Gasteiger partial charge in [-0.2, -0.15) is 0 Å². The summed E-state index contributed by atoms with van der Waals surface area (Å²) in [5, 5.41) is 12.7. The van der Waals surface area contributed by atoms with E-state index in [0.717, 1.165) is 31.2 Å². The van der Waals surface area contributed by atoms with Crippen LogP contribution in [0.2, 0.25) is 0 Å². The molecule has 2 N–H and O–H groups in total. The number of rotatable bonds is 3. The molecular weight excluding hydrogens is 268 g/mol. The van der Waals surface area contributed by atoms with Gasteiger partial charge in [-0.3, -0.25) is 4.79 Å². The van der Waals surface area contributed by atoms with E-state index in [-0.39, 0.29) is 17.6 Å². The number of aliphatic hydroxyl groups is 1. The molecule has 1 aliphatic carbocycles. The average Bonchev–Trinajstić information content (AvgIpc) is 3.00. The second-order valence-corrected chi connectivity index (χ2v) is 5.34. The van der Waals surface area contributed by atoms with E-state index in [9.17, 15) is 9.90 Å². The highest BCUT2D eigenvalue weighted by Crippen LogP contribution is 2.20. The zero-order chi connectivity index (χ0) is 14.7. The maximum atomic E-state index is 12.2. The molecule has 0 saturated heterocycles. The van der Waals surface area contributed by atoms with Crippen LogP contribution in [-0.2, 0) is 0 Å². The summed E-state index contributed by atoms with van der Waals surface area (Å²) in [6, 6.07) is 9.24. The summed E-state index contributed by atoms with van der Waals surface area (Å²) in [6.07, 6.45) is 4.46. The summed E-state index contributed by atoms with van der Waals surface area (Å²) in [4.78, 5) is 16.4. The van der Waals surface area contributed by atoms with E-state index in [1.807, 2.05) is 30.3 Å². The zero-order valence-corrected chi connectivity index (χ0v) is 11.7. The summed E-state index contributed by atoms with van der Waals surface area (Å²) >= 11 is 0. The third kappa shape index (κ3) is 3.13. The van der Waals surface area contributed by atoms with Crippen molar-refractivity contribution in [2.45, 2.75) is 37.8 Å². The summed E-state index contributed by atoms with van der Waals surface area (Å²) in [7, 11) is 0. The fourth-order valence-electron chi connectivity index (χ4n) is 2.61. The Morgan fingerprint density at radius 3 is 2.76 bits per heavy atom. The normalized spacial score (nSPS) is 22.0. The Bertz CT molecular complexity index is 609. The number of benzene rings is 1. The summed E-state index contributed by atoms with van der Waals surface area (Å²) in [6.45, 7) is 0. The molecule has 1 aromatic carbocycles. The van der Waals surface area contributed by atoms with Crippen LogP contribution in [0.5, 0.6) is 0 Å². The van der Waals surface area contributed by atoms with Gasteiger partial charge >= 0.3 is 0 Å². The van der Waals surface area contributed by atoms with Gasteiger partial charge in [-0.1, -0.05) is 31.0 Å². The minimum Gasteiger partial charge on any atom is -0.444 e. The Morgan fingerprint density at radius 2 is 2.00 bits per heavy atom. The van der Waals surface area contributed by atoms with Crippen LogP contribution < -0.4 is 5.32 Å². The Kier molecular flexibility index (Phi) is 4.01. The van der Waals surface area contributed by atoms with Crippen molar-refractivity contribution in [3.05, 3.63) is 42.3 Å². The molecule has 1 aliphatic rings. The van der Waals surface area contributed by atoms with Gasteiger partial charge in [0.2, 0.25) is 5.89 Å². The van der Waals surface area contributed by atoms with Gasteiger partial charge < -0.3 is 14.8 Å². The number of hydrogen-bond acceptors (Lipinski definition) is 4. The molecule has 1 aromatic heterocycles. The smallest absolute Gasteiger partial charge is 0.273 e. The lowest BCUT2D eigenvalue weighted by atomic mass is 9.92. The van der Waals surface area contributed by atoms with Gasteiger partial charge in [0, 0.05) is 5.56 Å². The number of amides is 1. The van der Waals surface area contributed by atoms with E-state index >= 15 is 0 Å². The highest BCUT2D eigenvalue weighted by atomic mass is 16.3. The van der Waals surface area contributed by atoms with E-state index in [4.69, 9.17) is 4.42 Å². The molecule has 5 nitrogen and oxygen atoms in total. The first-order valence-corrected chi connectivity index (χ1v) is 7.24. The number of carbonyl (C=O) groups is 1. The predicted octanol–water partition coefficient (Wildman–Crippen LogP) is 2.37. The fourth-order valence-corrected chi connectivity index (χ4v) is 2.61. The van der Waals surface area contributed by atoms with Gasteiger partial charge in [0.05, 0.1) is 12.1 Å². The highest BCUT2D eigenvalue weighted by Gasteiger charge is 2.25. The minimum absolute atomic E-state index is 0.192. The summed E-state index contributed by atoms with van der Waals surface area (Å²) < 4.78 is 5.35. The second kappa shape index (κ2) is 6.10. The lowest BCUT2D eigenvalue weighted by molar-refractivity contribution is 0.0714. The Hall–Kier alpha value is -2.14. The van der Waals surface area contributed by atoms with Crippen molar-refractivity contribution in [1.82, 2.24) is 10.3 Å². The van der Waals surface area contributed by atoms with Crippen LogP contribution >= 0.6 is 0 Å². The predicted molar refractivity (Wildman–Crippen MR) is 77.7 cm³/mol. The number of aliphatic hydroxyl groups excluding tert-OH is 1. The van der Waals surface area contributed by atoms with Gasteiger partial charge in [0.1, 0.15) is 6.26 Å². The van der Waals surface area contributed by atoms with E-state index < -0.39 is 6.10 Å². The highest BCUT2D eigenvalue weighted by molar-refractivity contribution is 5.92. The van der Waals surface area contributed by atoms with Crippen molar-refractivity contribution < 1.29 is 14.3 Å². The topological polar surface area (TPSA) is 75.4 Å². The molecule has 110 valence electrons. The average molecular weight is 286 g/mol. The summed E-state index contributed by atoms with van der Waals surface area (Å²) in [5.74, 6) is 0.122. The third-order valence-corrected chi connectivity index (χ3v) is 3.80. The Labute approximate surface area is 123 Å². The van der Waals surface area contributed by atoms with Crippen LogP contribution in [0.4, 0.5) is 0 Å². The molecule has 0 aliphatic heterocycles. The molecule has 1 saturated carbocycles. The first-order chi connectivity index (χ1) is 10.2. The fraction of sp³-hybridized carbons (Fsp3) is 0.375. The molecule has 1 heterocycles. The minimum atomic E-state index is -0.469. The van der Waals surface area contributed by atoms with Gasteiger partial charge in [0.15, 0.2) is 5.69 Å². The lowest BCUT2D eigenvalue weighted by Crippen LogP contribution is -2.45. The van der Waals surface area contributed by atoms with E-state index in [1.165, 1.54) is 6.26 Å². The molecule has 1 fully saturated rings. The van der Waals surface area contributed by atoms with Gasteiger partial charge in [-0.15, -0.1) is 0 Å². The Balaban J connectivity index is 1.69. The number of carbonyl (C=O) groups excluding carboxylic acids is 1. The van der Waals surface area contributed by atoms with Crippen LogP contribution in [0, 0.1) is 0 Å². The van der Waals surface area contributed by atoms with Crippen molar-refractivity contribution in [1.29, 1.82) is 0 Å². The van der Waals surface area contributed by atoms with Crippen molar-refractivity contribution in [3.8, 4) is 11.5 Å². The SMILES string of the molecule is O=C(NC1CCCCC1O)c1coc(-c2ccccc2)n1. The van der Waals surface area contributed by atoms with Crippen molar-refractivity contribution >= 4 is 5.91 Å². The molecule has 0 radical (unpaired) electrons. The largest absolute Gasteiger partial charge is 0.444 e. The summed E-state index contributed by atoms with van der Waals surface area (Å²) in [5.41, 5.74) is 1.07. The molecule has 0 bridgehead atoms. The molecule has 5 heteroatoms. The van der Waals surface area contributed by atoms with E-state index in [1.54, 1.807) is 0 Å². The molecule has 2 unspecified atom stereocenters. The van der Waals surface area contributed by atoms with Crippen LogP contribution in [0.15, 0.2) is 41.0 Å². The van der Waals surface area contributed by atoms with Crippen LogP contribution in [0.3, 0.4) is 0 Å². The van der Waals surface area contributed by atoms with Gasteiger partial charge in [-0.25, -0.2) is 4.98 Å². The van der Waals surface area contributed by atoms with Crippen LogP contribution in [-0.4, -0.2) is 28.1 Å². The van der Waals surface area contributed by atoms with Crippen molar-refractivity contribution in [3.63, 3.8) is 0 Å². The second-order valence-electron chi connectivity index (χ2n) is 5.34. The number of nitrogens with zero attached hydrogens (tertiary/aromatic N) is 1. The number of aromatic nitrogens is 1. The zero-order valence-electron chi connectivity index (χ0n) is 11.7. The molecule has 0 spiro atoms. The van der Waals surface area contributed by atoms with Crippen molar-refractivity contribution in [2.75, 3.05) is 0 Å². The lowest BCUT2D eigenvalue weighted by Gasteiger charge is -2.27. The standard InChI is InChI=1S/C16H18N2O3/c19-14-9-5-4-8-12(14)17-15(20)13-10-21-16(18-13)11-6-2-1-3-7-11/h1-3,6-7,10,12,14,19H,4-5,8-9H2,(H,17,20). The van der Waals surface area contributed by atoms with Gasteiger partial charge in [-0.05, 0) is 25.0 Å². The number of hydrogen-bond donors (Lipinski definition) is 2. The third-order valence-electron chi connectivity index (χ3n) is 3.80. The van der Waals surface area contributed by atoms with E-state index in [0.29, 0.717) is 5.89 Å². The van der Waals surface area contributed by atoms with E-state index in [2.05, 4.69) is 10.3 Å². The van der Waals surface area contributed by atoms with Gasteiger partial charge in [0.25, 0.3) is 5.91 Å². The quantitative estimate of drug-likeness (QED) is 0.908. The maximum Gasteiger partial charge on any atom is 0.273 e. The monoisotopic (exact) mass is 286 g/mol. The van der Waals surface area contributed by atoms with Crippen molar-refractivity contribution in [2.24, 2.45) is 0 Å². The molecule has 2 atom stereocenters. The molecule has 3 rings (SSSR count). The molecular formula is C16H18N2O3. The first-order valence-electron chi connectivity index (χ1n) is 7.24. The van der Waals surface area contributed by atoms with Crippen LogP contribution in [0.1, 0.15) is 36.2 Å². The number of oxazole rings is 1. The van der Waals surface area contributed by atoms with Crippen LogP contribution in [0.25, 0.3) is 11.5 Å². The molecule has 2 aromatic rings. The Morgan fingerprint density at radius 1 is 1.24 bits per heavy atom. The molecule has 1 amide bonds.